The zero-order chi connectivity index (χ0) is 16.7. The van der Waals surface area contributed by atoms with Crippen LogP contribution in [0.1, 0.15) is 40.5 Å². The molecule has 0 aliphatic carbocycles. The van der Waals surface area contributed by atoms with Gasteiger partial charge < -0.3 is 4.90 Å². The largest absolute Gasteiger partial charge is 0.374 e. The van der Waals surface area contributed by atoms with E-state index < -0.39 is 23.8 Å². The van der Waals surface area contributed by atoms with E-state index in [0.717, 1.165) is 4.90 Å². The summed E-state index contributed by atoms with van der Waals surface area (Å²) in [4.78, 5) is 51.6. The molecule has 2 heterocycles. The van der Waals surface area contributed by atoms with Gasteiger partial charge in [-0.05, 0) is 25.5 Å². The molecule has 0 aromatic heterocycles. The van der Waals surface area contributed by atoms with Crippen LogP contribution in [0.2, 0.25) is 0 Å². The number of anilines is 1. The third-order valence-electron chi connectivity index (χ3n) is 4.33. The lowest BCUT2D eigenvalue weighted by Crippen LogP contribution is -2.54. The SMILES string of the molecule is CCN(C)c1cccc2c1C(=O)N(C1CCC(=O)NC1=O)C2=O. The fraction of sp³-hybridized carbons (Fsp3) is 0.375. The normalized spacial score (nSPS) is 20.6. The summed E-state index contributed by atoms with van der Waals surface area (Å²) >= 11 is 0. The van der Waals surface area contributed by atoms with Crippen molar-refractivity contribution < 1.29 is 19.2 Å². The number of fused-ring (bicyclic) bond motifs is 1. The number of imide groups is 2. The van der Waals surface area contributed by atoms with E-state index in [0.29, 0.717) is 23.4 Å². The molecule has 2 aliphatic rings. The third-order valence-corrected chi connectivity index (χ3v) is 4.33. The number of carbonyl (C=O) groups excluding carboxylic acids is 4. The smallest absolute Gasteiger partial charge is 0.264 e. The van der Waals surface area contributed by atoms with Gasteiger partial charge in [-0.15, -0.1) is 0 Å². The Morgan fingerprint density at radius 2 is 1.96 bits per heavy atom. The van der Waals surface area contributed by atoms with Crippen molar-refractivity contribution >= 4 is 29.3 Å². The lowest BCUT2D eigenvalue weighted by Gasteiger charge is -2.28. The quantitative estimate of drug-likeness (QED) is 0.823. The van der Waals surface area contributed by atoms with Crippen LogP contribution in [0, 0.1) is 0 Å². The van der Waals surface area contributed by atoms with E-state index in [1.54, 1.807) is 18.2 Å². The molecule has 1 atom stereocenters. The van der Waals surface area contributed by atoms with Crippen LogP contribution < -0.4 is 10.2 Å². The van der Waals surface area contributed by atoms with Crippen LogP contribution in [0.25, 0.3) is 0 Å². The Kier molecular flexibility index (Phi) is 3.63. The molecule has 1 aromatic carbocycles. The molecule has 0 saturated carbocycles. The van der Waals surface area contributed by atoms with Gasteiger partial charge in [-0.1, -0.05) is 6.07 Å². The lowest BCUT2D eigenvalue weighted by atomic mass is 10.0. The molecule has 3 rings (SSSR count). The van der Waals surface area contributed by atoms with Gasteiger partial charge in [0, 0.05) is 20.0 Å². The van der Waals surface area contributed by atoms with Crippen molar-refractivity contribution in [2.24, 2.45) is 0 Å². The van der Waals surface area contributed by atoms with Crippen LogP contribution in [0.4, 0.5) is 5.69 Å². The zero-order valence-corrected chi connectivity index (χ0v) is 13.0. The average Bonchev–Trinajstić information content (AvgIpc) is 2.79. The zero-order valence-electron chi connectivity index (χ0n) is 13.0. The van der Waals surface area contributed by atoms with Gasteiger partial charge in [0.25, 0.3) is 11.8 Å². The lowest BCUT2D eigenvalue weighted by molar-refractivity contribution is -0.136. The van der Waals surface area contributed by atoms with E-state index >= 15 is 0 Å². The summed E-state index contributed by atoms with van der Waals surface area (Å²) in [5, 5.41) is 2.19. The first-order valence-corrected chi connectivity index (χ1v) is 7.51. The van der Waals surface area contributed by atoms with Crippen LogP contribution in [0.3, 0.4) is 0 Å². The van der Waals surface area contributed by atoms with Crippen LogP contribution >= 0.6 is 0 Å². The first-order valence-electron chi connectivity index (χ1n) is 7.51. The van der Waals surface area contributed by atoms with E-state index in [4.69, 9.17) is 0 Å². The molecular weight excluding hydrogens is 298 g/mol. The number of rotatable bonds is 3. The van der Waals surface area contributed by atoms with E-state index in [-0.39, 0.29) is 18.7 Å². The summed E-state index contributed by atoms with van der Waals surface area (Å²) in [6.45, 7) is 2.62. The molecule has 1 saturated heterocycles. The van der Waals surface area contributed by atoms with Gasteiger partial charge in [0.05, 0.1) is 16.8 Å². The van der Waals surface area contributed by atoms with Crippen molar-refractivity contribution in [2.75, 3.05) is 18.5 Å². The molecule has 4 amide bonds. The first-order chi connectivity index (χ1) is 11.0. The minimum atomic E-state index is -0.931. The third kappa shape index (κ3) is 2.28. The number of nitrogens with zero attached hydrogens (tertiary/aromatic N) is 2. The molecule has 7 heteroatoms. The Balaban J connectivity index is 2.01. The van der Waals surface area contributed by atoms with Gasteiger partial charge in [0.1, 0.15) is 6.04 Å². The topological polar surface area (TPSA) is 86.8 Å². The number of nitrogens with one attached hydrogen (secondary N) is 1. The van der Waals surface area contributed by atoms with Crippen molar-refractivity contribution in [2.45, 2.75) is 25.8 Å². The van der Waals surface area contributed by atoms with Crippen molar-refractivity contribution in [3.05, 3.63) is 29.3 Å². The second-order valence-corrected chi connectivity index (χ2v) is 5.66. The van der Waals surface area contributed by atoms with E-state index in [1.807, 2.05) is 18.9 Å². The predicted molar refractivity (Wildman–Crippen MR) is 82.1 cm³/mol. The van der Waals surface area contributed by atoms with Gasteiger partial charge in [-0.3, -0.25) is 29.4 Å². The average molecular weight is 315 g/mol. The van der Waals surface area contributed by atoms with Gasteiger partial charge in [0.15, 0.2) is 0 Å². The molecule has 1 fully saturated rings. The number of hydrogen-bond donors (Lipinski definition) is 1. The molecule has 1 N–H and O–H groups in total. The first kappa shape index (κ1) is 15.2. The summed E-state index contributed by atoms with van der Waals surface area (Å²) < 4.78 is 0. The highest BCUT2D eigenvalue weighted by Gasteiger charge is 2.45. The number of benzene rings is 1. The van der Waals surface area contributed by atoms with E-state index in [1.165, 1.54) is 0 Å². The molecule has 0 bridgehead atoms. The maximum absolute atomic E-state index is 12.8. The van der Waals surface area contributed by atoms with Crippen LogP contribution in [0.5, 0.6) is 0 Å². The fourth-order valence-electron chi connectivity index (χ4n) is 2.99. The Hall–Kier alpha value is -2.70. The van der Waals surface area contributed by atoms with Crippen molar-refractivity contribution in [1.29, 1.82) is 0 Å². The van der Waals surface area contributed by atoms with Crippen molar-refractivity contribution in [3.63, 3.8) is 0 Å². The Morgan fingerprint density at radius 1 is 1.22 bits per heavy atom. The van der Waals surface area contributed by atoms with E-state index in [9.17, 15) is 19.2 Å². The molecule has 1 aromatic rings. The highest BCUT2D eigenvalue weighted by Crippen LogP contribution is 2.33. The molecular formula is C16H17N3O4. The van der Waals surface area contributed by atoms with Crippen LogP contribution in [0.15, 0.2) is 18.2 Å². The Morgan fingerprint density at radius 3 is 2.61 bits per heavy atom. The van der Waals surface area contributed by atoms with Gasteiger partial charge in [-0.2, -0.15) is 0 Å². The van der Waals surface area contributed by atoms with Crippen LogP contribution in [-0.4, -0.2) is 48.2 Å². The fourth-order valence-corrected chi connectivity index (χ4v) is 2.99. The molecule has 23 heavy (non-hydrogen) atoms. The standard InChI is InChI=1S/C16H17N3O4/c1-3-18(2)10-6-4-5-9-13(10)16(23)19(15(9)22)11-7-8-12(20)17-14(11)21/h4-6,11H,3,7-8H2,1-2H3,(H,17,20,21). The molecule has 0 spiro atoms. The minimum Gasteiger partial charge on any atom is -0.374 e. The molecule has 7 nitrogen and oxygen atoms in total. The second kappa shape index (κ2) is 5.49. The summed E-state index contributed by atoms with van der Waals surface area (Å²) in [5.41, 5.74) is 1.29. The van der Waals surface area contributed by atoms with Gasteiger partial charge in [0.2, 0.25) is 11.8 Å². The van der Waals surface area contributed by atoms with Crippen LogP contribution in [-0.2, 0) is 9.59 Å². The van der Waals surface area contributed by atoms with Gasteiger partial charge >= 0.3 is 0 Å². The highest BCUT2D eigenvalue weighted by molar-refractivity contribution is 6.25. The molecule has 120 valence electrons. The summed E-state index contributed by atoms with van der Waals surface area (Å²) in [6, 6.07) is 4.16. The molecule has 1 unspecified atom stereocenters. The second-order valence-electron chi connectivity index (χ2n) is 5.66. The monoisotopic (exact) mass is 315 g/mol. The molecule has 0 radical (unpaired) electrons. The summed E-state index contributed by atoms with van der Waals surface area (Å²) in [7, 11) is 1.84. The highest BCUT2D eigenvalue weighted by atomic mass is 16.2. The Labute approximate surface area is 133 Å². The number of carbonyl (C=O) groups is 4. The van der Waals surface area contributed by atoms with Crippen molar-refractivity contribution in [3.8, 4) is 0 Å². The van der Waals surface area contributed by atoms with Gasteiger partial charge in [-0.25, -0.2) is 0 Å². The minimum absolute atomic E-state index is 0.117. The predicted octanol–water partition coefficient (Wildman–Crippen LogP) is 0.544. The molecule has 2 aliphatic heterocycles. The van der Waals surface area contributed by atoms with Crippen molar-refractivity contribution in [1.82, 2.24) is 10.2 Å². The number of hydrogen-bond acceptors (Lipinski definition) is 5. The summed E-state index contributed by atoms with van der Waals surface area (Å²) in [6.07, 6.45) is 0.278. The summed E-state index contributed by atoms with van der Waals surface area (Å²) in [5.74, 6) is -1.93. The maximum Gasteiger partial charge on any atom is 0.264 e. The number of amides is 4. The number of piperidine rings is 1. The Bertz CT molecular complexity index is 728. The maximum atomic E-state index is 12.8. The van der Waals surface area contributed by atoms with E-state index in [2.05, 4.69) is 5.32 Å².